The van der Waals surface area contributed by atoms with Gasteiger partial charge in [0.2, 0.25) is 0 Å². The summed E-state index contributed by atoms with van der Waals surface area (Å²) in [7, 11) is 2.14. The second-order valence-electron chi connectivity index (χ2n) is 5.99. The van der Waals surface area contributed by atoms with Gasteiger partial charge in [0, 0.05) is 31.5 Å². The summed E-state index contributed by atoms with van der Waals surface area (Å²) in [6.45, 7) is 3.50. The van der Waals surface area contributed by atoms with E-state index < -0.39 is 0 Å². The van der Waals surface area contributed by atoms with E-state index in [0.29, 0.717) is 12.2 Å². The Hall–Kier alpha value is -1.90. The Balaban J connectivity index is 1.82. The van der Waals surface area contributed by atoms with Crippen LogP contribution in [0.15, 0.2) is 42.6 Å². The van der Waals surface area contributed by atoms with Gasteiger partial charge < -0.3 is 14.4 Å². The van der Waals surface area contributed by atoms with Crippen molar-refractivity contribution in [3.8, 4) is 0 Å². The van der Waals surface area contributed by atoms with E-state index in [9.17, 15) is 0 Å². The molecule has 2 aromatic rings. The number of benzene rings is 1. The first-order valence-electron chi connectivity index (χ1n) is 7.50. The van der Waals surface area contributed by atoms with Crippen molar-refractivity contribution in [1.82, 2.24) is 4.57 Å². The third kappa shape index (κ3) is 1.59. The van der Waals surface area contributed by atoms with E-state index in [4.69, 9.17) is 0 Å². The molecule has 0 radical (unpaired) electrons. The van der Waals surface area contributed by atoms with Gasteiger partial charge in [0.15, 0.2) is 0 Å². The maximum Gasteiger partial charge on any atom is 0.110 e. The molecule has 0 spiro atoms. The van der Waals surface area contributed by atoms with Crippen LogP contribution in [0.2, 0.25) is 0 Å². The minimum absolute atomic E-state index is 0.422. The average Bonchev–Trinajstić information content (AvgIpc) is 2.72. The van der Waals surface area contributed by atoms with Crippen LogP contribution in [0.5, 0.6) is 0 Å². The Morgan fingerprint density at radius 1 is 1.10 bits per heavy atom. The zero-order chi connectivity index (χ0) is 13.7. The zero-order valence-corrected chi connectivity index (χ0v) is 12.2. The molecule has 4 heterocycles. The maximum absolute atomic E-state index is 2.60. The molecule has 1 saturated heterocycles. The first kappa shape index (κ1) is 11.9. The number of fused-ring (bicyclic) bond motifs is 2. The smallest absolute Gasteiger partial charge is 0.110 e. The van der Waals surface area contributed by atoms with Crippen LogP contribution in [0.4, 0.5) is 11.5 Å². The standard InChI is InChI=1S/C17H21N3/c1-13-19-11-9-15(12-14-6-3-4-7-16(14)19)20(13)17-8-5-10-18(17)2/h3-8,10,13,15H,9,11-12H2,1-2H3/t13-,15?/m0/s1. The molecular weight excluding hydrogens is 246 g/mol. The molecule has 1 aromatic heterocycles. The lowest BCUT2D eigenvalue weighted by molar-refractivity contribution is 0.428. The molecule has 1 aromatic carbocycles. The maximum atomic E-state index is 2.60. The minimum atomic E-state index is 0.422. The largest absolute Gasteiger partial charge is 0.351 e. The molecule has 20 heavy (non-hydrogen) atoms. The highest BCUT2D eigenvalue weighted by Gasteiger charge is 2.38. The average molecular weight is 267 g/mol. The molecule has 0 amide bonds. The van der Waals surface area contributed by atoms with Gasteiger partial charge in [0.1, 0.15) is 12.0 Å². The summed E-state index contributed by atoms with van der Waals surface area (Å²) >= 11 is 0. The molecular formula is C17H21N3. The van der Waals surface area contributed by atoms with Gasteiger partial charge in [-0.2, -0.15) is 0 Å². The van der Waals surface area contributed by atoms with Crippen LogP contribution in [0.1, 0.15) is 18.9 Å². The first-order valence-corrected chi connectivity index (χ1v) is 7.50. The lowest BCUT2D eigenvalue weighted by Gasteiger charge is -2.46. The molecule has 3 nitrogen and oxygen atoms in total. The fraction of sp³-hybridized carbons (Fsp3) is 0.412. The Labute approximate surface area is 120 Å². The second-order valence-corrected chi connectivity index (χ2v) is 5.99. The van der Waals surface area contributed by atoms with Crippen molar-refractivity contribution in [3.05, 3.63) is 48.2 Å². The van der Waals surface area contributed by atoms with Crippen LogP contribution < -0.4 is 9.80 Å². The summed E-state index contributed by atoms with van der Waals surface area (Å²) in [5, 5.41) is 0. The summed E-state index contributed by atoms with van der Waals surface area (Å²) in [6.07, 6.45) is 4.96. The van der Waals surface area contributed by atoms with Gasteiger partial charge in [0.05, 0.1) is 0 Å². The SMILES string of the molecule is C[C@H]1N2CCC(Cc3ccccc32)N1c1cccn1C. The van der Waals surface area contributed by atoms with Gasteiger partial charge in [-0.15, -0.1) is 0 Å². The number of hydrogen-bond acceptors (Lipinski definition) is 2. The lowest BCUT2D eigenvalue weighted by Crippen LogP contribution is -2.56. The molecule has 1 unspecified atom stereocenters. The van der Waals surface area contributed by atoms with Gasteiger partial charge in [-0.05, 0) is 43.5 Å². The van der Waals surface area contributed by atoms with Gasteiger partial charge in [0.25, 0.3) is 0 Å². The van der Waals surface area contributed by atoms with Crippen molar-refractivity contribution in [1.29, 1.82) is 0 Å². The molecule has 2 atom stereocenters. The van der Waals surface area contributed by atoms with Gasteiger partial charge in [-0.1, -0.05) is 18.2 Å². The molecule has 3 aliphatic rings. The number of para-hydroxylation sites is 1. The molecule has 1 fully saturated rings. The lowest BCUT2D eigenvalue weighted by atomic mass is 10.0. The van der Waals surface area contributed by atoms with E-state index in [-0.39, 0.29) is 0 Å². The van der Waals surface area contributed by atoms with Crippen LogP contribution in [0, 0.1) is 0 Å². The second kappa shape index (κ2) is 4.30. The summed E-state index contributed by atoms with van der Waals surface area (Å²) in [6, 6.07) is 13.9. The van der Waals surface area contributed by atoms with Gasteiger partial charge in [-0.25, -0.2) is 0 Å². The monoisotopic (exact) mass is 267 g/mol. The van der Waals surface area contributed by atoms with Crippen molar-refractivity contribution >= 4 is 11.5 Å². The summed E-state index contributed by atoms with van der Waals surface area (Å²) in [4.78, 5) is 5.16. The van der Waals surface area contributed by atoms with Crippen LogP contribution in [-0.4, -0.2) is 23.3 Å². The summed E-state index contributed by atoms with van der Waals surface area (Å²) < 4.78 is 2.24. The van der Waals surface area contributed by atoms with Crippen molar-refractivity contribution in [2.75, 3.05) is 16.3 Å². The van der Waals surface area contributed by atoms with E-state index in [1.54, 1.807) is 0 Å². The summed E-state index contributed by atoms with van der Waals surface area (Å²) in [5.74, 6) is 1.33. The normalized spacial score (nSPS) is 24.7. The Morgan fingerprint density at radius 3 is 2.75 bits per heavy atom. The van der Waals surface area contributed by atoms with E-state index in [1.807, 2.05) is 0 Å². The zero-order valence-electron chi connectivity index (χ0n) is 12.2. The quantitative estimate of drug-likeness (QED) is 0.787. The van der Waals surface area contributed by atoms with E-state index >= 15 is 0 Å². The van der Waals surface area contributed by atoms with E-state index in [1.165, 1.54) is 30.0 Å². The summed E-state index contributed by atoms with van der Waals surface area (Å²) in [5.41, 5.74) is 2.93. The molecule has 3 aliphatic heterocycles. The number of aryl methyl sites for hydroxylation is 1. The third-order valence-corrected chi connectivity index (χ3v) is 4.89. The van der Waals surface area contributed by atoms with Crippen molar-refractivity contribution in [2.24, 2.45) is 7.05 Å². The molecule has 2 bridgehead atoms. The number of anilines is 2. The number of aromatic nitrogens is 1. The van der Waals surface area contributed by atoms with Crippen molar-refractivity contribution < 1.29 is 0 Å². The van der Waals surface area contributed by atoms with Gasteiger partial charge >= 0.3 is 0 Å². The molecule has 0 aliphatic carbocycles. The topological polar surface area (TPSA) is 11.4 Å². The Morgan fingerprint density at radius 2 is 1.95 bits per heavy atom. The molecule has 104 valence electrons. The van der Waals surface area contributed by atoms with Crippen LogP contribution in [-0.2, 0) is 13.5 Å². The highest BCUT2D eigenvalue weighted by atomic mass is 15.4. The number of nitrogens with zero attached hydrogens (tertiary/aromatic N) is 3. The Bertz CT molecular complexity index is 629. The van der Waals surface area contributed by atoms with Crippen LogP contribution in [0.3, 0.4) is 0 Å². The first-order chi connectivity index (χ1) is 9.75. The van der Waals surface area contributed by atoms with E-state index in [2.05, 4.69) is 70.9 Å². The highest BCUT2D eigenvalue weighted by Crippen LogP contribution is 2.38. The van der Waals surface area contributed by atoms with E-state index in [0.717, 1.165) is 6.42 Å². The van der Waals surface area contributed by atoms with Gasteiger partial charge in [-0.3, -0.25) is 0 Å². The van der Waals surface area contributed by atoms with Crippen LogP contribution >= 0.6 is 0 Å². The molecule has 0 N–H and O–H groups in total. The van der Waals surface area contributed by atoms with Crippen molar-refractivity contribution in [3.63, 3.8) is 0 Å². The predicted octanol–water partition coefficient (Wildman–Crippen LogP) is 3.01. The molecule has 5 rings (SSSR count). The molecule has 0 saturated carbocycles. The molecule has 3 heteroatoms. The number of hydrogen-bond donors (Lipinski definition) is 0. The Kier molecular flexibility index (Phi) is 2.56. The van der Waals surface area contributed by atoms with Crippen molar-refractivity contribution in [2.45, 2.75) is 32.0 Å². The minimum Gasteiger partial charge on any atom is -0.351 e. The fourth-order valence-corrected chi connectivity index (χ4v) is 3.91. The highest BCUT2D eigenvalue weighted by molar-refractivity contribution is 5.61. The number of rotatable bonds is 1. The predicted molar refractivity (Wildman–Crippen MR) is 83.3 cm³/mol. The third-order valence-electron chi connectivity index (χ3n) is 4.89. The fourth-order valence-electron chi connectivity index (χ4n) is 3.91. The van der Waals surface area contributed by atoms with Crippen LogP contribution in [0.25, 0.3) is 0 Å².